The summed E-state index contributed by atoms with van der Waals surface area (Å²) in [4.78, 5) is 2.50. The minimum absolute atomic E-state index is 0.297. The van der Waals surface area contributed by atoms with Gasteiger partial charge in [0.25, 0.3) is 0 Å². The summed E-state index contributed by atoms with van der Waals surface area (Å²) < 4.78 is 6.52. The van der Waals surface area contributed by atoms with Crippen molar-refractivity contribution in [1.82, 2.24) is 10.2 Å². The molecule has 1 aromatic rings. The van der Waals surface area contributed by atoms with E-state index in [-0.39, 0.29) is 0 Å². The van der Waals surface area contributed by atoms with Crippen molar-refractivity contribution >= 4 is 27.5 Å². The molecule has 0 bridgehead atoms. The predicted octanol–water partition coefficient (Wildman–Crippen LogP) is 3.86. The van der Waals surface area contributed by atoms with Crippen LogP contribution in [0.5, 0.6) is 0 Å². The zero-order valence-electron chi connectivity index (χ0n) is 12.7. The van der Waals surface area contributed by atoms with E-state index < -0.39 is 0 Å². The number of hydrogen-bond acceptors (Lipinski definition) is 3. The van der Waals surface area contributed by atoms with Crippen molar-refractivity contribution in [2.24, 2.45) is 0 Å². The molecule has 1 heterocycles. The van der Waals surface area contributed by atoms with E-state index in [9.17, 15) is 0 Å². The number of hydrogen-bond donors (Lipinski definition) is 1. The summed E-state index contributed by atoms with van der Waals surface area (Å²) in [7, 11) is 0. The highest BCUT2D eigenvalue weighted by Gasteiger charge is 2.21. The molecular weight excluding hydrogens is 352 g/mol. The molecule has 0 aliphatic carbocycles. The van der Waals surface area contributed by atoms with E-state index in [2.05, 4.69) is 52.1 Å². The van der Waals surface area contributed by atoms with E-state index in [1.807, 2.05) is 6.07 Å². The molecule has 1 N–H and O–H groups in total. The van der Waals surface area contributed by atoms with Crippen LogP contribution in [0.3, 0.4) is 0 Å². The average Bonchev–Trinajstić information content (AvgIpc) is 2.45. The second-order valence-electron chi connectivity index (χ2n) is 5.52. The van der Waals surface area contributed by atoms with Crippen LogP contribution in [-0.2, 0) is 4.74 Å². The Kier molecular flexibility index (Phi) is 6.96. The summed E-state index contributed by atoms with van der Waals surface area (Å²) in [6.07, 6.45) is 1.06. The number of rotatable bonds is 6. The number of ether oxygens (including phenoxy) is 1. The second-order valence-corrected chi connectivity index (χ2v) is 6.85. The van der Waals surface area contributed by atoms with Gasteiger partial charge in [0, 0.05) is 34.7 Å². The van der Waals surface area contributed by atoms with Gasteiger partial charge in [0.15, 0.2) is 0 Å². The normalized spacial score (nSPS) is 21.4. The van der Waals surface area contributed by atoms with Gasteiger partial charge in [-0.05, 0) is 37.6 Å². The fourth-order valence-corrected chi connectivity index (χ4v) is 3.59. The van der Waals surface area contributed by atoms with Crippen LogP contribution in [0, 0.1) is 0 Å². The lowest BCUT2D eigenvalue weighted by atomic mass is 10.0. The molecule has 3 nitrogen and oxygen atoms in total. The highest BCUT2D eigenvalue weighted by molar-refractivity contribution is 9.10. The Balaban J connectivity index is 2.01. The standard InChI is InChI=1S/C16H24BrClN2O/c1-3-19-16(14-5-4-13(17)10-15(14)18)6-7-20-8-9-21-11-12(20)2/h4-5,10,12,16,19H,3,6-9,11H2,1-2H3. The molecule has 2 rings (SSSR count). The van der Waals surface area contributed by atoms with Crippen LogP contribution < -0.4 is 5.32 Å². The van der Waals surface area contributed by atoms with Gasteiger partial charge in [0.05, 0.1) is 13.2 Å². The van der Waals surface area contributed by atoms with Gasteiger partial charge in [0.1, 0.15) is 0 Å². The maximum absolute atomic E-state index is 6.41. The van der Waals surface area contributed by atoms with Crippen molar-refractivity contribution < 1.29 is 4.74 Å². The molecule has 1 aromatic carbocycles. The van der Waals surface area contributed by atoms with Crippen LogP contribution in [-0.4, -0.2) is 43.8 Å². The van der Waals surface area contributed by atoms with Crippen molar-refractivity contribution in [3.63, 3.8) is 0 Å². The largest absolute Gasteiger partial charge is 0.379 e. The molecular formula is C16H24BrClN2O. The van der Waals surface area contributed by atoms with Gasteiger partial charge in [-0.15, -0.1) is 0 Å². The van der Waals surface area contributed by atoms with Gasteiger partial charge in [-0.25, -0.2) is 0 Å². The van der Waals surface area contributed by atoms with Gasteiger partial charge < -0.3 is 10.1 Å². The lowest BCUT2D eigenvalue weighted by molar-refractivity contribution is -0.00180. The maximum Gasteiger partial charge on any atom is 0.0619 e. The molecule has 0 aromatic heterocycles. The van der Waals surface area contributed by atoms with Crippen molar-refractivity contribution in [1.29, 1.82) is 0 Å². The molecule has 1 saturated heterocycles. The number of nitrogens with zero attached hydrogens (tertiary/aromatic N) is 1. The summed E-state index contributed by atoms with van der Waals surface area (Å²) in [5, 5.41) is 4.38. The lowest BCUT2D eigenvalue weighted by Crippen LogP contribution is -2.44. The first kappa shape index (κ1) is 17.2. The summed E-state index contributed by atoms with van der Waals surface area (Å²) in [6, 6.07) is 6.94. The minimum Gasteiger partial charge on any atom is -0.379 e. The number of halogens is 2. The van der Waals surface area contributed by atoms with Crippen LogP contribution in [0.25, 0.3) is 0 Å². The van der Waals surface area contributed by atoms with E-state index in [4.69, 9.17) is 16.3 Å². The summed E-state index contributed by atoms with van der Waals surface area (Å²) >= 11 is 9.87. The van der Waals surface area contributed by atoms with Gasteiger partial charge in [-0.3, -0.25) is 4.90 Å². The SMILES string of the molecule is CCNC(CCN1CCOCC1C)c1ccc(Br)cc1Cl. The summed E-state index contributed by atoms with van der Waals surface area (Å²) in [5.74, 6) is 0. The smallest absolute Gasteiger partial charge is 0.0619 e. The third kappa shape index (κ3) is 4.93. The average molecular weight is 376 g/mol. The molecule has 21 heavy (non-hydrogen) atoms. The van der Waals surface area contributed by atoms with Crippen LogP contribution in [0.15, 0.2) is 22.7 Å². The minimum atomic E-state index is 0.297. The Bertz CT molecular complexity index is 458. The van der Waals surface area contributed by atoms with Crippen molar-refractivity contribution in [3.05, 3.63) is 33.3 Å². The Morgan fingerprint density at radius 1 is 1.52 bits per heavy atom. The fraction of sp³-hybridized carbons (Fsp3) is 0.625. The first-order valence-electron chi connectivity index (χ1n) is 7.62. The van der Waals surface area contributed by atoms with Crippen molar-refractivity contribution in [2.75, 3.05) is 32.8 Å². The number of morpholine rings is 1. The molecule has 2 atom stereocenters. The van der Waals surface area contributed by atoms with Gasteiger partial charge in [0.2, 0.25) is 0 Å². The van der Waals surface area contributed by atoms with Crippen LogP contribution in [0.4, 0.5) is 0 Å². The third-order valence-electron chi connectivity index (χ3n) is 4.00. The van der Waals surface area contributed by atoms with Crippen LogP contribution in [0.1, 0.15) is 31.9 Å². The van der Waals surface area contributed by atoms with E-state index in [0.29, 0.717) is 12.1 Å². The Morgan fingerprint density at radius 3 is 3.00 bits per heavy atom. The highest BCUT2D eigenvalue weighted by atomic mass is 79.9. The second kappa shape index (κ2) is 8.49. The topological polar surface area (TPSA) is 24.5 Å². The quantitative estimate of drug-likeness (QED) is 0.817. The van der Waals surface area contributed by atoms with Crippen molar-refractivity contribution in [2.45, 2.75) is 32.4 Å². The molecule has 0 saturated carbocycles. The molecule has 0 radical (unpaired) electrons. The highest BCUT2D eigenvalue weighted by Crippen LogP contribution is 2.28. The van der Waals surface area contributed by atoms with Gasteiger partial charge in [-0.1, -0.05) is 40.5 Å². The first-order valence-corrected chi connectivity index (χ1v) is 8.79. The summed E-state index contributed by atoms with van der Waals surface area (Å²) in [6.45, 7) is 9.07. The van der Waals surface area contributed by atoms with Gasteiger partial charge >= 0.3 is 0 Å². The number of nitrogens with one attached hydrogen (secondary N) is 1. The van der Waals surface area contributed by atoms with E-state index in [0.717, 1.165) is 48.8 Å². The van der Waals surface area contributed by atoms with Gasteiger partial charge in [-0.2, -0.15) is 0 Å². The van der Waals surface area contributed by atoms with E-state index in [1.54, 1.807) is 0 Å². The molecule has 1 aliphatic rings. The fourth-order valence-electron chi connectivity index (χ4n) is 2.79. The van der Waals surface area contributed by atoms with Crippen molar-refractivity contribution in [3.8, 4) is 0 Å². The third-order valence-corrected chi connectivity index (χ3v) is 4.82. The molecule has 2 unspecified atom stereocenters. The molecule has 0 spiro atoms. The Morgan fingerprint density at radius 2 is 2.33 bits per heavy atom. The first-order chi connectivity index (χ1) is 10.1. The molecule has 5 heteroatoms. The Labute approximate surface area is 141 Å². The summed E-state index contributed by atoms with van der Waals surface area (Å²) in [5.41, 5.74) is 1.18. The molecule has 118 valence electrons. The predicted molar refractivity (Wildman–Crippen MR) is 92.0 cm³/mol. The van der Waals surface area contributed by atoms with Crippen LogP contribution >= 0.6 is 27.5 Å². The van der Waals surface area contributed by atoms with Crippen LogP contribution in [0.2, 0.25) is 5.02 Å². The zero-order chi connectivity index (χ0) is 15.2. The Hall–Kier alpha value is -0.130. The maximum atomic E-state index is 6.41. The zero-order valence-corrected chi connectivity index (χ0v) is 15.1. The lowest BCUT2D eigenvalue weighted by Gasteiger charge is -2.34. The van der Waals surface area contributed by atoms with E-state index in [1.165, 1.54) is 5.56 Å². The molecule has 1 aliphatic heterocycles. The monoisotopic (exact) mass is 374 g/mol. The van der Waals surface area contributed by atoms with E-state index >= 15 is 0 Å². The molecule has 0 amide bonds. The molecule has 1 fully saturated rings. The number of benzene rings is 1.